The first-order valence-corrected chi connectivity index (χ1v) is 23.3. The smallest absolute Gasteiger partial charge is 0.326 e. The Kier molecular flexibility index (Phi) is 20.2. The predicted octanol–water partition coefficient (Wildman–Crippen LogP) is 7.94. The highest BCUT2D eigenvalue weighted by atomic mass is 32.2. The molecule has 4 aromatic rings. The Balaban J connectivity index is 0.000000272. The Morgan fingerprint density at radius 3 is 1.30 bits per heavy atom. The van der Waals surface area contributed by atoms with Gasteiger partial charge in [-0.05, 0) is 78.5 Å². The maximum absolute atomic E-state index is 12.4. The topological polar surface area (TPSA) is 180 Å². The second-order valence-electron chi connectivity index (χ2n) is 15.7. The van der Waals surface area contributed by atoms with Crippen molar-refractivity contribution in [3.8, 4) is 11.5 Å². The summed E-state index contributed by atoms with van der Waals surface area (Å²) in [5.74, 6) is -0.0883. The Morgan fingerprint density at radius 1 is 0.591 bits per heavy atom. The van der Waals surface area contributed by atoms with Gasteiger partial charge in [-0.15, -0.1) is 0 Å². The number of carbonyl (C=O) groups is 8. The van der Waals surface area contributed by atoms with E-state index in [9.17, 15) is 38.4 Å². The molecule has 0 fully saturated rings. The van der Waals surface area contributed by atoms with Gasteiger partial charge >= 0.3 is 11.9 Å². The van der Waals surface area contributed by atoms with E-state index in [1.54, 1.807) is 109 Å². The Morgan fingerprint density at radius 2 is 0.955 bits per heavy atom. The first-order chi connectivity index (χ1) is 31.6. The molecule has 1 unspecified atom stereocenters. The number of hydrogen-bond acceptors (Lipinski definition) is 14. The molecule has 2 heterocycles. The molecule has 0 aromatic heterocycles. The zero-order chi connectivity index (χ0) is 48.4. The number of Topliss-reactive ketones (excluding diaryl/α,β-unsaturated/α-hetero) is 2. The molecule has 16 heteroatoms. The lowest BCUT2D eigenvalue weighted by atomic mass is 9.86. The van der Waals surface area contributed by atoms with Gasteiger partial charge in [0.1, 0.15) is 51.0 Å². The summed E-state index contributed by atoms with van der Waals surface area (Å²) in [7, 11) is 0. The number of rotatable bonds is 20. The molecule has 14 nitrogen and oxygen atoms in total. The van der Waals surface area contributed by atoms with E-state index < -0.39 is 54.1 Å². The molecule has 0 aliphatic carbocycles. The highest BCUT2D eigenvalue weighted by Gasteiger charge is 2.38. The Labute approximate surface area is 395 Å². The average molecular weight is 941 g/mol. The van der Waals surface area contributed by atoms with Crippen molar-refractivity contribution in [1.29, 1.82) is 0 Å². The van der Waals surface area contributed by atoms with Crippen LogP contribution in [0, 0.1) is 11.3 Å². The predicted molar refractivity (Wildman–Crippen MR) is 254 cm³/mol. The summed E-state index contributed by atoms with van der Waals surface area (Å²) in [5.41, 5.74) is 1.78. The molecule has 0 saturated carbocycles. The van der Waals surface area contributed by atoms with Crippen LogP contribution in [-0.4, -0.2) is 114 Å². The van der Waals surface area contributed by atoms with Crippen molar-refractivity contribution in [2.45, 2.75) is 48.0 Å². The lowest BCUT2D eigenvalue weighted by Crippen LogP contribution is -2.36. The number of nitrogens with zero attached hydrogens (tertiary/aromatic N) is 2. The molecule has 66 heavy (non-hydrogen) atoms. The molecule has 2 aliphatic rings. The summed E-state index contributed by atoms with van der Waals surface area (Å²) in [6, 6.07) is 26.4. The fourth-order valence-electron chi connectivity index (χ4n) is 6.28. The molecule has 4 amide bonds. The highest BCUT2D eigenvalue weighted by molar-refractivity contribution is 7.99. The second kappa shape index (κ2) is 25.4. The van der Waals surface area contributed by atoms with Gasteiger partial charge in [-0.3, -0.25) is 48.2 Å². The number of hydrogen-bond donors (Lipinski definition) is 1. The van der Waals surface area contributed by atoms with E-state index in [4.69, 9.17) is 18.9 Å². The number of amides is 4. The van der Waals surface area contributed by atoms with E-state index in [1.807, 2.05) is 20.8 Å². The van der Waals surface area contributed by atoms with Crippen LogP contribution >= 0.6 is 24.4 Å². The maximum atomic E-state index is 12.4. The molecule has 0 saturated heterocycles. The quantitative estimate of drug-likeness (QED) is 0.0297. The molecule has 0 N–H and O–H groups in total. The molecule has 2 aliphatic heterocycles. The van der Waals surface area contributed by atoms with Gasteiger partial charge in [0.05, 0.1) is 22.3 Å². The molecule has 1 atom stereocenters. The van der Waals surface area contributed by atoms with Crippen molar-refractivity contribution in [1.82, 2.24) is 9.80 Å². The van der Waals surface area contributed by atoms with E-state index in [1.165, 1.54) is 6.42 Å². The first-order valence-electron chi connectivity index (χ1n) is 21.5. The number of ether oxygens (including phenoxy) is 4. The van der Waals surface area contributed by atoms with Crippen molar-refractivity contribution >= 4 is 71.5 Å². The van der Waals surface area contributed by atoms with Gasteiger partial charge in [0.25, 0.3) is 23.6 Å². The van der Waals surface area contributed by atoms with Crippen LogP contribution in [-0.2, 0) is 19.1 Å². The van der Waals surface area contributed by atoms with Crippen LogP contribution in [0.5, 0.6) is 11.5 Å². The van der Waals surface area contributed by atoms with E-state index in [-0.39, 0.29) is 66.2 Å². The van der Waals surface area contributed by atoms with Crippen LogP contribution in [0.3, 0.4) is 0 Å². The van der Waals surface area contributed by atoms with Gasteiger partial charge in [0.15, 0.2) is 11.6 Å². The van der Waals surface area contributed by atoms with Crippen LogP contribution in [0.1, 0.15) is 110 Å². The molecule has 0 bridgehead atoms. The lowest BCUT2D eigenvalue weighted by molar-refractivity contribution is -0.145. The van der Waals surface area contributed by atoms with Crippen LogP contribution in [0.15, 0.2) is 97.1 Å². The van der Waals surface area contributed by atoms with Crippen molar-refractivity contribution in [3.63, 3.8) is 0 Å². The monoisotopic (exact) mass is 940 g/mol. The number of thioether (sulfide) groups is 1. The highest BCUT2D eigenvalue weighted by Crippen LogP contribution is 2.26. The third kappa shape index (κ3) is 14.1. The number of imide groups is 2. The number of carbonyl (C=O) groups excluding carboxylic acids is 8. The van der Waals surface area contributed by atoms with Crippen molar-refractivity contribution < 1.29 is 57.3 Å². The summed E-state index contributed by atoms with van der Waals surface area (Å²) < 4.78 is 21.2. The van der Waals surface area contributed by atoms with Crippen LogP contribution < -0.4 is 9.47 Å². The van der Waals surface area contributed by atoms with Crippen LogP contribution in [0.25, 0.3) is 0 Å². The summed E-state index contributed by atoms with van der Waals surface area (Å²) >= 11 is 5.95. The maximum Gasteiger partial charge on any atom is 0.326 e. The molecular formula is C50H56N2O12S2. The van der Waals surface area contributed by atoms with Gasteiger partial charge < -0.3 is 18.9 Å². The first kappa shape index (κ1) is 52.4. The summed E-state index contributed by atoms with van der Waals surface area (Å²) in [4.78, 5) is 99.7. The van der Waals surface area contributed by atoms with Gasteiger partial charge in [-0.1, -0.05) is 72.2 Å². The minimum absolute atomic E-state index is 0.00358. The minimum atomic E-state index is -0.701. The summed E-state index contributed by atoms with van der Waals surface area (Å²) in [5, 5.41) is 0. The normalized spacial score (nSPS) is 13.1. The number of benzene rings is 4. The van der Waals surface area contributed by atoms with Gasteiger partial charge in [-0.25, -0.2) is 0 Å². The van der Waals surface area contributed by atoms with Gasteiger partial charge in [0.2, 0.25) is 0 Å². The lowest BCUT2D eigenvalue weighted by Gasteiger charge is -2.20. The van der Waals surface area contributed by atoms with Crippen molar-refractivity contribution in [2.24, 2.45) is 11.3 Å². The van der Waals surface area contributed by atoms with Gasteiger partial charge in [-0.2, -0.15) is 24.4 Å². The number of ketones is 2. The Hall–Kier alpha value is -6.26. The largest absolute Gasteiger partial charge is 0.490 e. The molecular weight excluding hydrogens is 885 g/mol. The van der Waals surface area contributed by atoms with E-state index >= 15 is 0 Å². The fourth-order valence-corrected chi connectivity index (χ4v) is 7.16. The number of fused-ring (bicyclic) bond motifs is 2. The molecule has 350 valence electrons. The molecule has 0 radical (unpaired) electrons. The number of esters is 2. The summed E-state index contributed by atoms with van der Waals surface area (Å²) in [6.07, 6.45) is 1.25. The van der Waals surface area contributed by atoms with Gasteiger partial charge in [0, 0.05) is 34.0 Å². The van der Waals surface area contributed by atoms with Crippen molar-refractivity contribution in [3.05, 3.63) is 130 Å². The standard InChI is InChI=1S/C24H25NO6S.C23H23NO6S.C3H8/c1-3-32-15-16(2)22(27)17-8-10-18(11-9-17)30-12-13-31-21(26)14-25-23(28)19-6-4-5-7-20(19)24(25)29;1-23(2,14-31)20(26)15-7-9-16(10-8-15)29-11-12-30-19(25)13-24-21(27)17-5-3-4-6-18(17)22(24)28;1-3-2/h4-11,16H,3,12-15H2,1-2H3;3-10,31H,11-14H2,1-2H3;3H2,1-2H3. The third-order valence-corrected chi connectivity index (χ3v) is 11.8. The number of thiol groups is 1. The zero-order valence-corrected chi connectivity index (χ0v) is 39.7. The minimum Gasteiger partial charge on any atom is -0.490 e. The van der Waals surface area contributed by atoms with Crippen LogP contribution in [0.4, 0.5) is 0 Å². The third-order valence-electron chi connectivity index (χ3n) is 9.85. The second-order valence-corrected chi connectivity index (χ2v) is 17.3. The van der Waals surface area contributed by atoms with Crippen LogP contribution in [0.2, 0.25) is 0 Å². The molecule has 0 spiro atoms. The Bertz CT molecular complexity index is 2300. The molecule has 4 aromatic carbocycles. The fraction of sp³-hybridized carbons (Fsp3) is 0.360. The van der Waals surface area contributed by atoms with E-state index in [2.05, 4.69) is 33.4 Å². The van der Waals surface area contributed by atoms with E-state index in [0.29, 0.717) is 28.4 Å². The average Bonchev–Trinajstić information content (AvgIpc) is 3.71. The summed E-state index contributed by atoms with van der Waals surface area (Å²) in [6.45, 7) is 11.1. The van der Waals surface area contributed by atoms with Crippen molar-refractivity contribution in [2.75, 3.05) is 56.8 Å². The van der Waals surface area contributed by atoms with E-state index in [0.717, 1.165) is 21.3 Å². The SMILES string of the molecule is CC(C)(CS)C(=O)c1ccc(OCCOC(=O)CN2C(=O)c3ccccc3C2=O)cc1.CCC.CCSCC(C)C(=O)c1ccc(OCCOC(=O)CN2C(=O)c3ccccc3C2=O)cc1. The zero-order valence-electron chi connectivity index (χ0n) is 38.0. The molecule has 6 rings (SSSR count).